The summed E-state index contributed by atoms with van der Waals surface area (Å²) in [6.07, 6.45) is 5.19. The van der Waals surface area contributed by atoms with E-state index in [1.807, 2.05) is 6.07 Å². The molecule has 0 aliphatic carbocycles. The van der Waals surface area contributed by atoms with Gasteiger partial charge < -0.3 is 15.8 Å². The highest BCUT2D eigenvalue weighted by Gasteiger charge is 2.24. The van der Waals surface area contributed by atoms with Gasteiger partial charge in [-0.1, -0.05) is 30.5 Å². The number of piperidine rings is 1. The molecule has 0 bridgehead atoms. The third-order valence-electron chi connectivity index (χ3n) is 4.88. The average Bonchev–Trinajstić information content (AvgIpc) is 2.55. The van der Waals surface area contributed by atoms with Gasteiger partial charge in [0, 0.05) is 12.6 Å². The number of nitrogens with two attached hydrogens (primary N) is 1. The minimum Gasteiger partial charge on any atom is -0.427 e. The van der Waals surface area contributed by atoms with Crippen molar-refractivity contribution in [2.75, 3.05) is 13.1 Å². The maximum Gasteiger partial charge on any atom is 0.451 e. The number of halogens is 2. The predicted molar refractivity (Wildman–Crippen MR) is 96.2 cm³/mol. The fourth-order valence-electron chi connectivity index (χ4n) is 3.38. The monoisotopic (exact) mass is 356 g/mol. The van der Waals surface area contributed by atoms with Gasteiger partial charge in [-0.25, -0.2) is 4.39 Å². The molecule has 1 aromatic carbocycles. The molecule has 0 amide bonds. The Labute approximate surface area is 148 Å². The second-order valence-electron chi connectivity index (χ2n) is 6.79. The lowest BCUT2D eigenvalue weighted by atomic mass is 9.82. The van der Waals surface area contributed by atoms with Gasteiger partial charge in [-0.15, -0.1) is 0 Å². The van der Waals surface area contributed by atoms with Crippen molar-refractivity contribution in [3.05, 3.63) is 34.6 Å². The van der Waals surface area contributed by atoms with E-state index in [2.05, 4.69) is 4.90 Å². The van der Waals surface area contributed by atoms with Gasteiger partial charge in [-0.2, -0.15) is 0 Å². The third kappa shape index (κ3) is 6.33. The molecule has 0 aromatic heterocycles. The summed E-state index contributed by atoms with van der Waals surface area (Å²) in [5.41, 5.74) is 7.24. The highest BCUT2D eigenvalue weighted by molar-refractivity contribution is 6.40. The van der Waals surface area contributed by atoms with E-state index >= 15 is 0 Å². The lowest BCUT2D eigenvalue weighted by Crippen LogP contribution is -2.40. The van der Waals surface area contributed by atoms with Crippen molar-refractivity contribution >= 4 is 18.7 Å². The number of nitrogens with zero attached hydrogens (tertiary/aromatic N) is 1. The molecular weight excluding hydrogens is 329 g/mol. The normalized spacial score (nSPS) is 17.9. The highest BCUT2D eigenvalue weighted by atomic mass is 35.5. The van der Waals surface area contributed by atoms with Crippen molar-refractivity contribution in [1.29, 1.82) is 0 Å². The Morgan fingerprint density at radius 1 is 1.29 bits per heavy atom. The second-order valence-corrected chi connectivity index (χ2v) is 7.20. The minimum absolute atomic E-state index is 0.164. The molecule has 0 radical (unpaired) electrons. The van der Waals surface area contributed by atoms with Gasteiger partial charge in [0.1, 0.15) is 5.82 Å². The van der Waals surface area contributed by atoms with E-state index in [1.165, 1.54) is 6.07 Å². The first-order chi connectivity index (χ1) is 11.5. The molecule has 1 heterocycles. The van der Waals surface area contributed by atoms with Crippen LogP contribution in [-0.4, -0.2) is 41.2 Å². The lowest BCUT2D eigenvalue weighted by Gasteiger charge is -2.35. The Morgan fingerprint density at radius 2 is 2.00 bits per heavy atom. The molecule has 0 saturated carbocycles. The molecule has 1 aromatic rings. The van der Waals surface area contributed by atoms with Gasteiger partial charge in [-0.3, -0.25) is 4.90 Å². The van der Waals surface area contributed by atoms with Crippen LogP contribution in [0, 0.1) is 11.7 Å². The van der Waals surface area contributed by atoms with Crippen molar-refractivity contribution < 1.29 is 14.4 Å². The van der Waals surface area contributed by atoms with Crippen LogP contribution < -0.4 is 5.73 Å². The van der Waals surface area contributed by atoms with Crippen LogP contribution in [0.25, 0.3) is 0 Å². The number of rotatable bonds is 8. The molecule has 1 fully saturated rings. The Morgan fingerprint density at radius 3 is 2.62 bits per heavy atom. The van der Waals surface area contributed by atoms with Crippen LogP contribution in [0.5, 0.6) is 0 Å². The number of hydrogen-bond donors (Lipinski definition) is 3. The summed E-state index contributed by atoms with van der Waals surface area (Å²) in [6, 6.07) is 5.17. The quantitative estimate of drug-likeness (QED) is 0.495. The SMILES string of the molecule is NC(CCCCB(O)O)C1CCN(Cc2ccc(Cl)c(F)c2)CC1. The van der Waals surface area contributed by atoms with Gasteiger partial charge in [0.05, 0.1) is 5.02 Å². The summed E-state index contributed by atoms with van der Waals surface area (Å²) in [4.78, 5) is 2.33. The van der Waals surface area contributed by atoms with Crippen LogP contribution >= 0.6 is 11.6 Å². The maximum atomic E-state index is 13.5. The molecule has 1 atom stereocenters. The summed E-state index contributed by atoms with van der Waals surface area (Å²) < 4.78 is 13.5. The fourth-order valence-corrected chi connectivity index (χ4v) is 3.50. The van der Waals surface area contributed by atoms with Crippen LogP contribution in [0.4, 0.5) is 4.39 Å². The number of likely N-dealkylation sites (tertiary alicyclic amines) is 1. The molecule has 7 heteroatoms. The predicted octanol–water partition coefficient (Wildman–Crippen LogP) is 2.66. The molecule has 4 N–H and O–H groups in total. The van der Waals surface area contributed by atoms with E-state index in [1.54, 1.807) is 6.07 Å². The minimum atomic E-state index is -1.21. The topological polar surface area (TPSA) is 69.7 Å². The summed E-state index contributed by atoms with van der Waals surface area (Å²) in [6.45, 7) is 2.68. The number of unbranched alkanes of at least 4 members (excludes halogenated alkanes) is 1. The largest absolute Gasteiger partial charge is 0.451 e. The first-order valence-corrected chi connectivity index (χ1v) is 9.11. The Balaban J connectivity index is 1.69. The molecule has 4 nitrogen and oxygen atoms in total. The zero-order valence-corrected chi connectivity index (χ0v) is 14.8. The molecule has 2 rings (SSSR count). The second kappa shape index (κ2) is 9.73. The number of benzene rings is 1. The zero-order valence-electron chi connectivity index (χ0n) is 14.0. The Kier molecular flexibility index (Phi) is 7.97. The molecule has 24 heavy (non-hydrogen) atoms. The van der Waals surface area contributed by atoms with Gasteiger partial charge >= 0.3 is 7.12 Å². The summed E-state index contributed by atoms with van der Waals surface area (Å²) in [7, 11) is -1.21. The third-order valence-corrected chi connectivity index (χ3v) is 5.18. The molecule has 1 unspecified atom stereocenters. The van der Waals surface area contributed by atoms with Gasteiger partial charge in [0.2, 0.25) is 0 Å². The standard InChI is InChI=1S/C17H27BClFN2O2/c19-15-5-4-13(11-16(15)20)12-22-9-6-14(7-10-22)17(21)3-1-2-8-18(23)24/h4-5,11,14,17,23-24H,1-3,6-10,12,21H2. The molecular formula is C17H27BClFN2O2. The smallest absolute Gasteiger partial charge is 0.427 e. The summed E-state index contributed by atoms with van der Waals surface area (Å²) in [5.74, 6) is 0.154. The summed E-state index contributed by atoms with van der Waals surface area (Å²) in [5, 5.41) is 17.8. The van der Waals surface area contributed by atoms with Crippen molar-refractivity contribution in [2.45, 2.75) is 51.0 Å². The van der Waals surface area contributed by atoms with E-state index in [4.69, 9.17) is 27.4 Å². The van der Waals surface area contributed by atoms with E-state index < -0.39 is 7.12 Å². The molecule has 1 aliphatic heterocycles. The van der Waals surface area contributed by atoms with Gasteiger partial charge in [0.15, 0.2) is 0 Å². The van der Waals surface area contributed by atoms with E-state index in [-0.39, 0.29) is 16.9 Å². The fraction of sp³-hybridized carbons (Fsp3) is 0.647. The van der Waals surface area contributed by atoms with Crippen molar-refractivity contribution in [3.63, 3.8) is 0 Å². The Hall–Kier alpha value is -0.655. The van der Waals surface area contributed by atoms with Crippen molar-refractivity contribution in [1.82, 2.24) is 4.90 Å². The van der Waals surface area contributed by atoms with E-state index in [0.29, 0.717) is 12.2 Å². The zero-order chi connectivity index (χ0) is 17.5. The average molecular weight is 357 g/mol. The van der Waals surface area contributed by atoms with Crippen LogP contribution in [0.2, 0.25) is 11.3 Å². The van der Waals surface area contributed by atoms with E-state index in [9.17, 15) is 4.39 Å². The molecule has 1 aliphatic rings. The lowest BCUT2D eigenvalue weighted by molar-refractivity contribution is 0.159. The van der Waals surface area contributed by atoms with Gasteiger partial charge in [0.25, 0.3) is 0 Å². The van der Waals surface area contributed by atoms with Crippen LogP contribution in [-0.2, 0) is 6.54 Å². The molecule has 0 spiro atoms. The first kappa shape index (κ1) is 19.7. The maximum absolute atomic E-state index is 13.5. The van der Waals surface area contributed by atoms with Crippen LogP contribution in [0.3, 0.4) is 0 Å². The van der Waals surface area contributed by atoms with Gasteiger partial charge in [-0.05, 0) is 62.3 Å². The number of hydrogen-bond acceptors (Lipinski definition) is 4. The Bertz CT molecular complexity index is 513. The highest BCUT2D eigenvalue weighted by Crippen LogP contribution is 2.24. The van der Waals surface area contributed by atoms with E-state index in [0.717, 1.165) is 57.3 Å². The summed E-state index contributed by atoms with van der Waals surface area (Å²) >= 11 is 5.72. The molecule has 134 valence electrons. The van der Waals surface area contributed by atoms with Crippen LogP contribution in [0.15, 0.2) is 18.2 Å². The van der Waals surface area contributed by atoms with Crippen molar-refractivity contribution in [2.24, 2.45) is 11.7 Å². The molecule has 1 saturated heterocycles. The van der Waals surface area contributed by atoms with Crippen LogP contribution in [0.1, 0.15) is 37.7 Å². The first-order valence-electron chi connectivity index (χ1n) is 8.73. The van der Waals surface area contributed by atoms with Crippen molar-refractivity contribution in [3.8, 4) is 0 Å².